The van der Waals surface area contributed by atoms with Gasteiger partial charge in [0.15, 0.2) is 0 Å². The van der Waals surface area contributed by atoms with Gasteiger partial charge in [-0.05, 0) is 55.5 Å². The molecule has 1 unspecified atom stereocenters. The Morgan fingerprint density at radius 2 is 1.76 bits per heavy atom. The van der Waals surface area contributed by atoms with Gasteiger partial charge in [0, 0.05) is 54.6 Å². The fourth-order valence-corrected chi connectivity index (χ4v) is 5.41. The first kappa shape index (κ1) is 25.5. The largest absolute Gasteiger partial charge is 0.394 e. The number of aliphatic hydroxyl groups excluding tert-OH is 1. The molecule has 10 nitrogen and oxygen atoms in total. The molecule has 0 bridgehead atoms. The predicted molar refractivity (Wildman–Crippen MR) is 150 cm³/mol. The van der Waals surface area contributed by atoms with E-state index in [2.05, 4.69) is 42.2 Å². The van der Waals surface area contributed by atoms with Crippen LogP contribution < -0.4 is 4.90 Å². The van der Waals surface area contributed by atoms with Gasteiger partial charge in [0.1, 0.15) is 17.7 Å². The summed E-state index contributed by atoms with van der Waals surface area (Å²) in [6, 6.07) is 7.86. The molecular weight excluding hydrogens is 523 g/mol. The molecule has 2 aliphatic rings. The highest BCUT2D eigenvalue weighted by atomic mass is 19.1. The topological polar surface area (TPSA) is 117 Å². The molecule has 1 saturated carbocycles. The van der Waals surface area contributed by atoms with Crippen LogP contribution in [-0.2, 0) is 11.1 Å². The summed E-state index contributed by atoms with van der Waals surface area (Å²) in [5.74, 6) is 0.219. The Morgan fingerprint density at radius 3 is 2.44 bits per heavy atom. The normalized spacial score (nSPS) is 17.9. The van der Waals surface area contributed by atoms with Crippen LogP contribution in [-0.4, -0.2) is 64.3 Å². The third-order valence-corrected chi connectivity index (χ3v) is 8.33. The Bertz CT molecular complexity index is 1750. The Balaban J connectivity index is 1.09. The van der Waals surface area contributed by atoms with Crippen LogP contribution in [0.2, 0.25) is 0 Å². The second kappa shape index (κ2) is 9.57. The van der Waals surface area contributed by atoms with Gasteiger partial charge < -0.3 is 15.1 Å². The van der Waals surface area contributed by atoms with Gasteiger partial charge in [0.05, 0.1) is 29.6 Å². The van der Waals surface area contributed by atoms with E-state index < -0.39 is 5.60 Å². The van der Waals surface area contributed by atoms with Crippen molar-refractivity contribution in [3.63, 3.8) is 0 Å². The lowest BCUT2D eigenvalue weighted by atomic mass is 9.90. The van der Waals surface area contributed by atoms with Crippen molar-refractivity contribution in [1.29, 1.82) is 0 Å². The number of fused-ring (bicyclic) bond motifs is 1. The maximum absolute atomic E-state index is 13.3. The highest BCUT2D eigenvalue weighted by Crippen LogP contribution is 2.43. The molecule has 11 heteroatoms. The monoisotopic (exact) mass is 552 g/mol. The van der Waals surface area contributed by atoms with Gasteiger partial charge in [0.2, 0.25) is 5.95 Å². The molecule has 208 valence electrons. The number of anilines is 1. The number of rotatable bonds is 7. The lowest BCUT2D eigenvalue weighted by molar-refractivity contribution is 0.101. The number of aromatic nitrogens is 7. The lowest BCUT2D eigenvalue weighted by Crippen LogP contribution is -2.30. The first-order valence-electron chi connectivity index (χ1n) is 13.6. The van der Waals surface area contributed by atoms with E-state index in [0.717, 1.165) is 47.2 Å². The molecular formula is C30H29FN8O2. The number of aliphatic hydroxyl groups is 2. The van der Waals surface area contributed by atoms with Crippen molar-refractivity contribution in [2.24, 2.45) is 0 Å². The van der Waals surface area contributed by atoms with Crippen LogP contribution in [0.15, 0.2) is 73.7 Å². The van der Waals surface area contributed by atoms with Crippen molar-refractivity contribution in [2.75, 3.05) is 24.6 Å². The zero-order chi connectivity index (χ0) is 28.2. The first-order valence-corrected chi connectivity index (χ1v) is 13.6. The molecule has 1 atom stereocenters. The standard InChI is InChI=1S/C30H29FN8O2/c1-29(41,23-2-4-25(31)5-3-23)24-14-32-28(33-15-24)37-10-6-20(7-11-37)27-26-12-21(16-38(26)36-19-34-27)22-13-35-39(17-22)30(18-40)8-9-30/h2-6,12-17,19,40-41H,7-11,18H2,1H3. The Morgan fingerprint density at radius 1 is 0.976 bits per heavy atom. The molecule has 1 fully saturated rings. The number of halogens is 1. The van der Waals surface area contributed by atoms with Crippen LogP contribution in [0, 0.1) is 5.82 Å². The molecule has 5 aromatic rings. The average molecular weight is 553 g/mol. The number of hydrogen-bond acceptors (Lipinski definition) is 8. The van der Waals surface area contributed by atoms with Crippen LogP contribution in [0.5, 0.6) is 0 Å². The predicted octanol–water partition coefficient (Wildman–Crippen LogP) is 3.55. The number of hydrogen-bond donors (Lipinski definition) is 2. The van der Waals surface area contributed by atoms with Gasteiger partial charge in [-0.2, -0.15) is 10.2 Å². The number of benzene rings is 1. The van der Waals surface area contributed by atoms with Crippen LogP contribution in [0.25, 0.3) is 22.2 Å². The summed E-state index contributed by atoms with van der Waals surface area (Å²) in [7, 11) is 0. The maximum atomic E-state index is 13.3. The van der Waals surface area contributed by atoms with Crippen LogP contribution >= 0.6 is 0 Å². The molecule has 7 rings (SSSR count). The molecule has 1 aliphatic carbocycles. The van der Waals surface area contributed by atoms with Gasteiger partial charge in [0.25, 0.3) is 0 Å². The van der Waals surface area contributed by atoms with Crippen molar-refractivity contribution in [3.8, 4) is 11.1 Å². The molecule has 41 heavy (non-hydrogen) atoms. The van der Waals surface area contributed by atoms with Crippen molar-refractivity contribution in [3.05, 3.63) is 96.4 Å². The van der Waals surface area contributed by atoms with Crippen LogP contribution in [0.4, 0.5) is 10.3 Å². The Hall–Kier alpha value is -4.48. The third kappa shape index (κ3) is 4.47. The molecule has 1 aromatic carbocycles. The molecule has 0 radical (unpaired) electrons. The van der Waals surface area contributed by atoms with Gasteiger partial charge in [-0.25, -0.2) is 23.9 Å². The molecule has 5 heterocycles. The molecule has 0 saturated heterocycles. The zero-order valence-corrected chi connectivity index (χ0v) is 22.5. The van der Waals surface area contributed by atoms with E-state index in [1.54, 1.807) is 37.8 Å². The van der Waals surface area contributed by atoms with Crippen LogP contribution in [0.3, 0.4) is 0 Å². The van der Waals surface area contributed by atoms with Gasteiger partial charge in [-0.3, -0.25) is 4.68 Å². The second-order valence-electron chi connectivity index (χ2n) is 11.0. The van der Waals surface area contributed by atoms with Gasteiger partial charge >= 0.3 is 0 Å². The zero-order valence-electron chi connectivity index (χ0n) is 22.5. The van der Waals surface area contributed by atoms with Crippen molar-refractivity contribution in [2.45, 2.75) is 37.3 Å². The SMILES string of the molecule is CC(O)(c1ccc(F)cc1)c1cnc(N2CC=C(c3ncnn4cc(-c5cnn(C6(CO)CC6)c5)cc34)CC2)nc1. The second-order valence-corrected chi connectivity index (χ2v) is 11.0. The third-order valence-electron chi connectivity index (χ3n) is 8.33. The highest BCUT2D eigenvalue weighted by Gasteiger charge is 2.45. The fourth-order valence-electron chi connectivity index (χ4n) is 5.41. The smallest absolute Gasteiger partial charge is 0.225 e. The molecule has 0 amide bonds. The minimum atomic E-state index is -1.34. The summed E-state index contributed by atoms with van der Waals surface area (Å²) in [4.78, 5) is 15.7. The molecule has 4 aromatic heterocycles. The summed E-state index contributed by atoms with van der Waals surface area (Å²) in [6.07, 6.45) is 15.4. The molecule has 0 spiro atoms. The molecule has 1 aliphatic heterocycles. The van der Waals surface area contributed by atoms with E-state index in [4.69, 9.17) is 0 Å². The molecule has 2 N–H and O–H groups in total. The summed E-state index contributed by atoms with van der Waals surface area (Å²) in [5, 5.41) is 29.8. The van der Waals surface area contributed by atoms with Crippen LogP contribution in [0.1, 0.15) is 43.0 Å². The van der Waals surface area contributed by atoms with E-state index in [0.29, 0.717) is 30.2 Å². The van der Waals surface area contributed by atoms with E-state index >= 15 is 0 Å². The maximum Gasteiger partial charge on any atom is 0.225 e. The van der Waals surface area contributed by atoms with Gasteiger partial charge in [-0.1, -0.05) is 18.2 Å². The highest BCUT2D eigenvalue weighted by molar-refractivity contribution is 5.80. The minimum Gasteiger partial charge on any atom is -0.394 e. The van der Waals surface area contributed by atoms with E-state index in [9.17, 15) is 14.6 Å². The minimum absolute atomic E-state index is 0.0959. The Kier molecular flexibility index (Phi) is 5.95. The summed E-state index contributed by atoms with van der Waals surface area (Å²) in [5.41, 5.74) is 4.42. The summed E-state index contributed by atoms with van der Waals surface area (Å²) < 4.78 is 17.1. The lowest BCUT2D eigenvalue weighted by Gasteiger charge is -2.28. The van der Waals surface area contributed by atoms with Crippen molar-refractivity contribution < 1.29 is 14.6 Å². The van der Waals surface area contributed by atoms with E-state index in [1.807, 2.05) is 27.8 Å². The quantitative estimate of drug-likeness (QED) is 0.315. The number of nitrogens with zero attached hydrogens (tertiary/aromatic N) is 8. The van der Waals surface area contributed by atoms with Crippen molar-refractivity contribution >= 4 is 17.0 Å². The Labute approximate surface area is 235 Å². The fraction of sp³-hybridized carbons (Fsp3) is 0.300. The van der Waals surface area contributed by atoms with Gasteiger partial charge in [-0.15, -0.1) is 0 Å². The first-order chi connectivity index (χ1) is 19.9. The summed E-state index contributed by atoms with van der Waals surface area (Å²) >= 11 is 0. The average Bonchev–Trinajstić information content (AvgIpc) is 3.42. The van der Waals surface area contributed by atoms with E-state index in [-0.39, 0.29) is 18.0 Å². The van der Waals surface area contributed by atoms with Crippen molar-refractivity contribution in [1.82, 2.24) is 34.3 Å². The summed E-state index contributed by atoms with van der Waals surface area (Å²) in [6.45, 7) is 3.06. The van der Waals surface area contributed by atoms with E-state index in [1.165, 1.54) is 12.1 Å².